The zero-order valence-electron chi connectivity index (χ0n) is 18.1. The smallest absolute Gasteiger partial charge is 0.255 e. The Bertz CT molecular complexity index is 1170. The van der Waals surface area contributed by atoms with Gasteiger partial charge in [0.1, 0.15) is 0 Å². The van der Waals surface area contributed by atoms with Crippen LogP contribution in [0.15, 0.2) is 31.0 Å². The van der Waals surface area contributed by atoms with Crippen molar-refractivity contribution in [1.29, 1.82) is 0 Å². The Morgan fingerprint density at radius 1 is 1.25 bits per heavy atom. The zero-order chi connectivity index (χ0) is 21.8. The number of aromatic nitrogens is 5. The highest BCUT2D eigenvalue weighted by Crippen LogP contribution is 2.46. The number of carbonyl (C=O) groups is 1. The molecule has 4 heterocycles. The van der Waals surface area contributed by atoms with Gasteiger partial charge >= 0.3 is 0 Å². The molecule has 3 aromatic heterocycles. The molecule has 166 valence electrons. The summed E-state index contributed by atoms with van der Waals surface area (Å²) in [4.78, 5) is 24.2. The molecule has 3 aromatic rings. The second kappa shape index (κ2) is 7.44. The highest BCUT2D eigenvalue weighted by Gasteiger charge is 2.45. The van der Waals surface area contributed by atoms with Crippen molar-refractivity contribution in [2.24, 2.45) is 18.9 Å². The lowest BCUT2D eigenvalue weighted by Crippen LogP contribution is -2.27. The third-order valence-corrected chi connectivity index (χ3v) is 7.16. The number of amides is 1. The van der Waals surface area contributed by atoms with Gasteiger partial charge < -0.3 is 19.9 Å². The summed E-state index contributed by atoms with van der Waals surface area (Å²) in [7, 11) is 1.98. The number of carbonyl (C=O) groups excluding carboxylic acids is 1. The lowest BCUT2D eigenvalue weighted by atomic mass is 10.1. The molecule has 1 saturated carbocycles. The summed E-state index contributed by atoms with van der Waals surface area (Å²) in [6.45, 7) is 2.52. The van der Waals surface area contributed by atoms with Gasteiger partial charge in [-0.1, -0.05) is 0 Å². The van der Waals surface area contributed by atoms with Crippen LogP contribution < -0.4 is 10.2 Å². The van der Waals surface area contributed by atoms with Crippen LogP contribution in [0.2, 0.25) is 0 Å². The first-order valence-electron chi connectivity index (χ1n) is 11.3. The van der Waals surface area contributed by atoms with E-state index in [0.29, 0.717) is 12.1 Å². The minimum absolute atomic E-state index is 0.0612. The van der Waals surface area contributed by atoms with E-state index in [1.165, 1.54) is 12.1 Å². The van der Waals surface area contributed by atoms with E-state index in [0.717, 1.165) is 60.4 Å². The predicted octanol–water partition coefficient (Wildman–Crippen LogP) is 1.43. The summed E-state index contributed by atoms with van der Waals surface area (Å²) in [5.74, 6) is 1.53. The maximum Gasteiger partial charge on any atom is 0.255 e. The number of pyridine rings is 1. The Morgan fingerprint density at radius 2 is 2.09 bits per heavy atom. The van der Waals surface area contributed by atoms with Crippen LogP contribution in [0.5, 0.6) is 0 Å². The Balaban J connectivity index is 1.13. The van der Waals surface area contributed by atoms with Crippen molar-refractivity contribution in [3.63, 3.8) is 0 Å². The van der Waals surface area contributed by atoms with Gasteiger partial charge in [-0.3, -0.25) is 14.5 Å². The van der Waals surface area contributed by atoms with Gasteiger partial charge in [-0.2, -0.15) is 5.10 Å². The average molecular weight is 434 g/mol. The molecule has 2 fully saturated rings. The summed E-state index contributed by atoms with van der Waals surface area (Å²) in [5.41, 5.74) is 5.30. The van der Waals surface area contributed by atoms with Crippen LogP contribution >= 0.6 is 0 Å². The van der Waals surface area contributed by atoms with Gasteiger partial charge in [-0.05, 0) is 37.2 Å². The molecule has 1 saturated heterocycles. The fourth-order valence-corrected chi connectivity index (χ4v) is 5.18. The van der Waals surface area contributed by atoms with Crippen LogP contribution in [-0.2, 0) is 26.6 Å². The standard InChI is InChI=1S/C23H27N7O2/c1-28-13-25-22-19(2-3-21(22)28)27-23(32)17-6-26-30(10-17)11-20-16(12-31)5-18(7-24-20)29-8-14-4-15(14)9-29/h5-7,10,13-15,19,31H,2-4,8-9,11-12H2,1H3,(H,27,32)/t14?,15?,19-/m1/s1. The Labute approximate surface area is 186 Å². The maximum atomic E-state index is 12.8. The van der Waals surface area contributed by atoms with Gasteiger partial charge in [-0.25, -0.2) is 4.98 Å². The number of nitrogens with one attached hydrogen (secondary N) is 1. The monoisotopic (exact) mass is 433 g/mol. The van der Waals surface area contributed by atoms with E-state index in [9.17, 15) is 9.90 Å². The number of hydrogen-bond acceptors (Lipinski definition) is 6. The number of aryl methyl sites for hydroxylation is 1. The number of rotatable bonds is 6. The van der Waals surface area contributed by atoms with E-state index in [4.69, 9.17) is 0 Å². The number of anilines is 1. The highest BCUT2D eigenvalue weighted by molar-refractivity contribution is 5.94. The third kappa shape index (κ3) is 3.37. The fourth-order valence-electron chi connectivity index (χ4n) is 5.18. The summed E-state index contributed by atoms with van der Waals surface area (Å²) >= 11 is 0. The van der Waals surface area contributed by atoms with E-state index in [-0.39, 0.29) is 18.6 Å². The molecule has 3 atom stereocenters. The number of piperidine rings is 1. The molecule has 9 nitrogen and oxygen atoms in total. The van der Waals surface area contributed by atoms with Crippen LogP contribution in [0, 0.1) is 11.8 Å². The SMILES string of the molecule is Cn1cnc2c1CC[C@H]2NC(=O)c1cnn(Cc2ncc(N3CC4CC4C3)cc2CO)c1. The molecule has 0 radical (unpaired) electrons. The van der Waals surface area contributed by atoms with E-state index in [1.807, 2.05) is 23.9 Å². The first-order valence-corrected chi connectivity index (χ1v) is 11.3. The second-order valence-electron chi connectivity index (χ2n) is 9.30. The highest BCUT2D eigenvalue weighted by atomic mass is 16.3. The zero-order valence-corrected chi connectivity index (χ0v) is 18.1. The molecule has 1 amide bonds. The van der Waals surface area contributed by atoms with Crippen LogP contribution in [0.25, 0.3) is 0 Å². The molecule has 32 heavy (non-hydrogen) atoms. The normalized spacial score (nSPS) is 23.3. The molecule has 3 aliphatic rings. The minimum atomic E-state index is -0.155. The Morgan fingerprint density at radius 3 is 2.91 bits per heavy atom. The molecule has 1 aliphatic heterocycles. The molecule has 2 unspecified atom stereocenters. The summed E-state index contributed by atoms with van der Waals surface area (Å²) in [5, 5.41) is 17.3. The molecule has 2 N–H and O–H groups in total. The van der Waals surface area contributed by atoms with E-state index < -0.39 is 0 Å². The number of fused-ring (bicyclic) bond motifs is 2. The Hall–Kier alpha value is -3.20. The van der Waals surface area contributed by atoms with Crippen LogP contribution in [0.3, 0.4) is 0 Å². The summed E-state index contributed by atoms with van der Waals surface area (Å²) in [6.07, 6.45) is 10.1. The maximum absolute atomic E-state index is 12.8. The van der Waals surface area contributed by atoms with Crippen molar-refractivity contribution in [2.75, 3.05) is 18.0 Å². The average Bonchev–Trinajstić information content (AvgIpc) is 3.27. The Kier molecular flexibility index (Phi) is 4.53. The van der Waals surface area contributed by atoms with E-state index >= 15 is 0 Å². The third-order valence-electron chi connectivity index (χ3n) is 7.16. The molecule has 0 bridgehead atoms. The van der Waals surface area contributed by atoms with Gasteiger partial charge in [0.25, 0.3) is 5.91 Å². The number of hydrogen-bond donors (Lipinski definition) is 2. The number of nitrogens with zero attached hydrogens (tertiary/aromatic N) is 6. The van der Waals surface area contributed by atoms with Crippen LogP contribution in [0.4, 0.5) is 5.69 Å². The molecule has 0 aromatic carbocycles. The minimum Gasteiger partial charge on any atom is -0.392 e. The molecule has 6 rings (SSSR count). The number of aliphatic hydroxyl groups is 1. The van der Waals surface area contributed by atoms with Crippen molar-refractivity contribution in [3.05, 3.63) is 59.2 Å². The molecular formula is C23H27N7O2. The van der Waals surface area contributed by atoms with Gasteiger partial charge in [-0.15, -0.1) is 0 Å². The summed E-state index contributed by atoms with van der Waals surface area (Å²) < 4.78 is 3.71. The quantitative estimate of drug-likeness (QED) is 0.610. The largest absolute Gasteiger partial charge is 0.392 e. The lowest BCUT2D eigenvalue weighted by Gasteiger charge is -2.21. The van der Waals surface area contributed by atoms with Gasteiger partial charge in [0.2, 0.25) is 0 Å². The number of imidazole rings is 1. The lowest BCUT2D eigenvalue weighted by molar-refractivity contribution is 0.0936. The van der Waals surface area contributed by atoms with E-state index in [1.54, 1.807) is 23.4 Å². The van der Waals surface area contributed by atoms with Crippen molar-refractivity contribution < 1.29 is 9.90 Å². The first-order chi connectivity index (χ1) is 15.6. The van der Waals surface area contributed by atoms with E-state index in [2.05, 4.69) is 25.3 Å². The molecule has 2 aliphatic carbocycles. The fraction of sp³-hybridized carbons (Fsp3) is 0.478. The van der Waals surface area contributed by atoms with Crippen molar-refractivity contribution in [2.45, 2.75) is 38.5 Å². The first kappa shape index (κ1) is 19.5. The van der Waals surface area contributed by atoms with Crippen LogP contribution in [0.1, 0.15) is 51.9 Å². The van der Waals surface area contributed by atoms with Crippen LogP contribution in [-0.4, -0.2) is 48.4 Å². The van der Waals surface area contributed by atoms with Crippen molar-refractivity contribution >= 4 is 11.6 Å². The summed E-state index contributed by atoms with van der Waals surface area (Å²) in [6, 6.07) is 1.98. The molecule has 9 heteroatoms. The topological polar surface area (TPSA) is 101 Å². The van der Waals surface area contributed by atoms with Gasteiger partial charge in [0.05, 0.1) is 60.6 Å². The van der Waals surface area contributed by atoms with Crippen molar-refractivity contribution in [3.8, 4) is 0 Å². The molecule has 0 spiro atoms. The van der Waals surface area contributed by atoms with Gasteiger partial charge in [0.15, 0.2) is 0 Å². The van der Waals surface area contributed by atoms with Crippen molar-refractivity contribution in [1.82, 2.24) is 29.6 Å². The predicted molar refractivity (Wildman–Crippen MR) is 117 cm³/mol. The number of aliphatic hydroxyl groups excluding tert-OH is 1. The molecular weight excluding hydrogens is 406 g/mol. The van der Waals surface area contributed by atoms with Gasteiger partial charge in [0, 0.05) is 37.6 Å². The second-order valence-corrected chi connectivity index (χ2v) is 9.30.